The first-order chi connectivity index (χ1) is 10.6. The Bertz CT molecular complexity index is 599. The minimum Gasteiger partial charge on any atom is -0.494 e. The first kappa shape index (κ1) is 16.5. The molecule has 0 aliphatic carbocycles. The molecule has 22 heavy (non-hydrogen) atoms. The monoisotopic (exact) mass is 365 g/mol. The van der Waals surface area contributed by atoms with Crippen molar-refractivity contribution in [3.05, 3.63) is 64.4 Å². The molecule has 0 spiro atoms. The number of carbonyl (C=O) groups excluding carboxylic acids is 1. The molecule has 116 valence electrons. The summed E-state index contributed by atoms with van der Waals surface area (Å²) in [5, 5.41) is 2.80. The van der Waals surface area contributed by atoms with E-state index in [0.717, 1.165) is 15.8 Å². The number of halogens is 2. The van der Waals surface area contributed by atoms with Gasteiger partial charge in [-0.2, -0.15) is 0 Å². The van der Waals surface area contributed by atoms with Crippen molar-refractivity contribution in [3.8, 4) is 5.75 Å². The van der Waals surface area contributed by atoms with Crippen LogP contribution in [0.25, 0.3) is 0 Å². The van der Waals surface area contributed by atoms with Crippen LogP contribution in [0.5, 0.6) is 5.75 Å². The fourth-order valence-electron chi connectivity index (χ4n) is 1.84. The number of benzene rings is 2. The van der Waals surface area contributed by atoms with Gasteiger partial charge in [0.2, 0.25) is 5.91 Å². The van der Waals surface area contributed by atoms with Crippen molar-refractivity contribution in [2.24, 2.45) is 0 Å². The maximum atomic E-state index is 12.7. The molecular formula is C17H17BrFNO2. The number of ether oxygens (including phenoxy) is 1. The van der Waals surface area contributed by atoms with Crippen molar-refractivity contribution >= 4 is 21.8 Å². The molecule has 1 N–H and O–H groups in total. The number of rotatable bonds is 7. The Labute approximate surface area is 137 Å². The Kier molecular flexibility index (Phi) is 6.40. The summed E-state index contributed by atoms with van der Waals surface area (Å²) < 4.78 is 19.3. The molecule has 2 rings (SSSR count). The fourth-order valence-corrected chi connectivity index (χ4v) is 2.11. The van der Waals surface area contributed by atoms with Gasteiger partial charge in [-0.05, 0) is 48.4 Å². The predicted octanol–water partition coefficient (Wildman–Crippen LogP) is 4.06. The summed E-state index contributed by atoms with van der Waals surface area (Å²) in [6, 6.07) is 13.6. The van der Waals surface area contributed by atoms with Crippen LogP contribution in [-0.4, -0.2) is 12.5 Å². The normalized spacial score (nSPS) is 10.3. The quantitative estimate of drug-likeness (QED) is 0.751. The standard InChI is InChI=1S/C17H17BrFNO2/c18-14-5-9-16(10-6-14)22-11-1-2-17(21)20-12-13-3-7-15(19)8-4-13/h3-10H,1-2,11-12H2,(H,20,21). The van der Waals surface area contributed by atoms with Crippen LogP contribution in [0.4, 0.5) is 4.39 Å². The fraction of sp³-hybridized carbons (Fsp3) is 0.235. The van der Waals surface area contributed by atoms with Gasteiger partial charge in [-0.3, -0.25) is 4.79 Å². The van der Waals surface area contributed by atoms with Crippen LogP contribution in [0.1, 0.15) is 18.4 Å². The van der Waals surface area contributed by atoms with Crippen molar-refractivity contribution in [3.63, 3.8) is 0 Å². The van der Waals surface area contributed by atoms with Gasteiger partial charge in [-0.1, -0.05) is 28.1 Å². The zero-order valence-electron chi connectivity index (χ0n) is 12.0. The first-order valence-electron chi connectivity index (χ1n) is 7.03. The molecule has 0 fully saturated rings. The molecule has 0 aliphatic heterocycles. The van der Waals surface area contributed by atoms with Crippen LogP contribution in [0.15, 0.2) is 53.0 Å². The van der Waals surface area contributed by atoms with E-state index in [0.29, 0.717) is 26.0 Å². The van der Waals surface area contributed by atoms with Crippen LogP contribution < -0.4 is 10.1 Å². The molecule has 5 heteroatoms. The highest BCUT2D eigenvalue weighted by Crippen LogP contribution is 2.16. The van der Waals surface area contributed by atoms with Crippen LogP contribution in [0.2, 0.25) is 0 Å². The molecule has 0 heterocycles. The lowest BCUT2D eigenvalue weighted by Gasteiger charge is -2.07. The second-order valence-electron chi connectivity index (χ2n) is 4.81. The van der Waals surface area contributed by atoms with Crippen LogP contribution >= 0.6 is 15.9 Å². The largest absolute Gasteiger partial charge is 0.494 e. The van der Waals surface area contributed by atoms with E-state index < -0.39 is 0 Å². The topological polar surface area (TPSA) is 38.3 Å². The molecule has 0 saturated heterocycles. The Hall–Kier alpha value is -1.88. The summed E-state index contributed by atoms with van der Waals surface area (Å²) in [6.07, 6.45) is 1.04. The van der Waals surface area contributed by atoms with E-state index >= 15 is 0 Å². The lowest BCUT2D eigenvalue weighted by Crippen LogP contribution is -2.22. The summed E-state index contributed by atoms with van der Waals surface area (Å²) in [5.74, 6) is 0.471. The zero-order chi connectivity index (χ0) is 15.8. The van der Waals surface area contributed by atoms with Gasteiger partial charge in [0.1, 0.15) is 11.6 Å². The average molecular weight is 366 g/mol. The van der Waals surface area contributed by atoms with Crippen LogP contribution in [0, 0.1) is 5.82 Å². The van der Waals surface area contributed by atoms with Crippen molar-refractivity contribution in [2.45, 2.75) is 19.4 Å². The second kappa shape index (κ2) is 8.54. The number of amides is 1. The Morgan fingerprint density at radius 3 is 2.45 bits per heavy atom. The molecule has 0 aromatic heterocycles. The third-order valence-electron chi connectivity index (χ3n) is 3.03. The van der Waals surface area contributed by atoms with Gasteiger partial charge in [0, 0.05) is 17.4 Å². The van der Waals surface area contributed by atoms with Gasteiger partial charge in [-0.25, -0.2) is 4.39 Å². The van der Waals surface area contributed by atoms with E-state index in [1.54, 1.807) is 12.1 Å². The minimum atomic E-state index is -0.278. The van der Waals surface area contributed by atoms with Gasteiger partial charge in [-0.15, -0.1) is 0 Å². The van der Waals surface area contributed by atoms with E-state index in [2.05, 4.69) is 21.2 Å². The van der Waals surface area contributed by atoms with E-state index in [1.807, 2.05) is 24.3 Å². The van der Waals surface area contributed by atoms with Crippen molar-refractivity contribution < 1.29 is 13.9 Å². The van der Waals surface area contributed by atoms with Gasteiger partial charge in [0.25, 0.3) is 0 Å². The minimum absolute atomic E-state index is 0.0382. The lowest BCUT2D eigenvalue weighted by molar-refractivity contribution is -0.121. The summed E-state index contributed by atoms with van der Waals surface area (Å²) in [7, 11) is 0. The lowest BCUT2D eigenvalue weighted by atomic mass is 10.2. The number of carbonyl (C=O) groups is 1. The summed E-state index contributed by atoms with van der Waals surface area (Å²) >= 11 is 3.36. The Morgan fingerprint density at radius 1 is 1.09 bits per heavy atom. The van der Waals surface area contributed by atoms with Gasteiger partial charge >= 0.3 is 0 Å². The molecule has 0 saturated carbocycles. The molecule has 0 bridgehead atoms. The van der Waals surface area contributed by atoms with E-state index in [4.69, 9.17) is 4.74 Å². The Morgan fingerprint density at radius 2 is 1.77 bits per heavy atom. The van der Waals surface area contributed by atoms with Crippen molar-refractivity contribution in [1.29, 1.82) is 0 Å². The molecule has 2 aromatic rings. The van der Waals surface area contributed by atoms with Gasteiger partial charge < -0.3 is 10.1 Å². The number of hydrogen-bond donors (Lipinski definition) is 1. The molecule has 3 nitrogen and oxygen atoms in total. The maximum Gasteiger partial charge on any atom is 0.220 e. The van der Waals surface area contributed by atoms with Crippen molar-refractivity contribution in [1.82, 2.24) is 5.32 Å². The third-order valence-corrected chi connectivity index (χ3v) is 3.56. The highest BCUT2D eigenvalue weighted by atomic mass is 79.9. The molecular weight excluding hydrogens is 349 g/mol. The predicted molar refractivity (Wildman–Crippen MR) is 87.1 cm³/mol. The van der Waals surface area contributed by atoms with E-state index in [9.17, 15) is 9.18 Å². The number of nitrogens with one attached hydrogen (secondary N) is 1. The second-order valence-corrected chi connectivity index (χ2v) is 5.72. The highest BCUT2D eigenvalue weighted by molar-refractivity contribution is 9.10. The van der Waals surface area contributed by atoms with E-state index in [1.165, 1.54) is 12.1 Å². The van der Waals surface area contributed by atoms with Gasteiger partial charge in [0.05, 0.1) is 6.61 Å². The maximum absolute atomic E-state index is 12.7. The molecule has 1 amide bonds. The smallest absolute Gasteiger partial charge is 0.220 e. The van der Waals surface area contributed by atoms with Crippen LogP contribution in [-0.2, 0) is 11.3 Å². The molecule has 0 aliphatic rings. The zero-order valence-corrected chi connectivity index (χ0v) is 13.6. The average Bonchev–Trinajstić information content (AvgIpc) is 2.53. The third kappa shape index (κ3) is 5.85. The summed E-state index contributed by atoms with van der Waals surface area (Å²) in [6.45, 7) is 0.901. The first-order valence-corrected chi connectivity index (χ1v) is 7.82. The number of hydrogen-bond acceptors (Lipinski definition) is 2. The summed E-state index contributed by atoms with van der Waals surface area (Å²) in [5.41, 5.74) is 0.876. The molecule has 0 atom stereocenters. The highest BCUT2D eigenvalue weighted by Gasteiger charge is 2.02. The van der Waals surface area contributed by atoms with Crippen molar-refractivity contribution in [2.75, 3.05) is 6.61 Å². The summed E-state index contributed by atoms with van der Waals surface area (Å²) in [4.78, 5) is 11.7. The Balaban J connectivity index is 1.61. The van der Waals surface area contributed by atoms with E-state index in [-0.39, 0.29) is 11.7 Å². The van der Waals surface area contributed by atoms with Gasteiger partial charge in [0.15, 0.2) is 0 Å². The molecule has 0 unspecified atom stereocenters. The van der Waals surface area contributed by atoms with Crippen LogP contribution in [0.3, 0.4) is 0 Å². The molecule has 0 radical (unpaired) electrons. The SMILES string of the molecule is O=C(CCCOc1ccc(Br)cc1)NCc1ccc(F)cc1. The molecule has 2 aromatic carbocycles.